The Hall–Kier alpha value is -2.67. The first kappa shape index (κ1) is 20.6. The van der Waals surface area contributed by atoms with Crippen molar-refractivity contribution in [3.05, 3.63) is 53.3 Å². The topological polar surface area (TPSA) is 93.4 Å². The molecule has 1 aromatic heterocycles. The van der Waals surface area contributed by atoms with Crippen LogP contribution in [0.1, 0.15) is 48.8 Å². The average Bonchev–Trinajstić information content (AvgIpc) is 2.94. The normalized spacial score (nSPS) is 12.6. The van der Waals surface area contributed by atoms with Gasteiger partial charge in [-0.2, -0.15) is 5.10 Å². The molecule has 0 aliphatic heterocycles. The van der Waals surface area contributed by atoms with Crippen LogP contribution in [0.2, 0.25) is 0 Å². The third-order valence-corrected chi connectivity index (χ3v) is 4.07. The number of nitrogens with zero attached hydrogens (tertiary/aromatic N) is 2. The summed E-state index contributed by atoms with van der Waals surface area (Å²) in [7, 11) is 0. The molecule has 2 rings (SSSR count). The van der Waals surface area contributed by atoms with E-state index in [4.69, 9.17) is 4.74 Å². The van der Waals surface area contributed by atoms with Gasteiger partial charge >= 0.3 is 5.97 Å². The molecule has 0 saturated heterocycles. The number of carbonyl (C=O) groups is 2. The lowest BCUT2D eigenvalue weighted by atomic mass is 10.1. The van der Waals surface area contributed by atoms with Crippen LogP contribution in [-0.2, 0) is 16.1 Å². The summed E-state index contributed by atoms with van der Waals surface area (Å²) in [6.45, 7) is 8.27. The number of rotatable bonds is 8. The third-order valence-electron chi connectivity index (χ3n) is 4.07. The van der Waals surface area contributed by atoms with E-state index in [1.54, 1.807) is 11.6 Å². The van der Waals surface area contributed by atoms with E-state index >= 15 is 0 Å². The van der Waals surface area contributed by atoms with Crippen LogP contribution in [0.25, 0.3) is 0 Å². The minimum Gasteiger partial charge on any atom is -0.480 e. The zero-order valence-electron chi connectivity index (χ0n) is 16.2. The Bertz CT molecular complexity index is 778. The van der Waals surface area contributed by atoms with Gasteiger partial charge < -0.3 is 15.2 Å². The third kappa shape index (κ3) is 6.21. The quantitative estimate of drug-likeness (QED) is 0.742. The largest absolute Gasteiger partial charge is 0.480 e. The van der Waals surface area contributed by atoms with Crippen molar-refractivity contribution in [2.24, 2.45) is 0 Å². The minimum atomic E-state index is -1.09. The summed E-state index contributed by atoms with van der Waals surface area (Å²) in [4.78, 5) is 24.0. The number of amides is 1. The maximum Gasteiger partial charge on any atom is 0.326 e. The summed E-state index contributed by atoms with van der Waals surface area (Å²) in [6.07, 6.45) is 1.66. The van der Waals surface area contributed by atoms with Gasteiger partial charge in [0.25, 0.3) is 5.91 Å². The molecule has 1 atom stereocenters. The lowest BCUT2D eigenvalue weighted by Gasteiger charge is -2.21. The number of aromatic nitrogens is 2. The van der Waals surface area contributed by atoms with E-state index in [9.17, 15) is 14.7 Å². The summed E-state index contributed by atoms with van der Waals surface area (Å²) in [5.74, 6) is -1.54. The molecule has 2 N–H and O–H groups in total. The Morgan fingerprint density at radius 2 is 1.93 bits per heavy atom. The van der Waals surface area contributed by atoms with E-state index in [1.807, 2.05) is 51.1 Å². The highest BCUT2D eigenvalue weighted by atomic mass is 16.5. The Morgan fingerprint density at radius 1 is 1.26 bits per heavy atom. The molecule has 1 heterocycles. The van der Waals surface area contributed by atoms with Gasteiger partial charge in [0.05, 0.1) is 23.9 Å². The molecule has 27 heavy (non-hydrogen) atoms. The van der Waals surface area contributed by atoms with Crippen LogP contribution < -0.4 is 5.32 Å². The molecule has 1 unspecified atom stereocenters. The molecule has 0 spiro atoms. The summed E-state index contributed by atoms with van der Waals surface area (Å²) in [6, 6.07) is 8.77. The fraction of sp³-hybridized carbons (Fsp3) is 0.450. The molecule has 0 bridgehead atoms. The van der Waals surface area contributed by atoms with Crippen LogP contribution in [0.4, 0.5) is 0 Å². The molecule has 1 amide bonds. The van der Waals surface area contributed by atoms with Crippen molar-refractivity contribution in [3.63, 3.8) is 0 Å². The first-order valence-electron chi connectivity index (χ1n) is 8.91. The summed E-state index contributed by atoms with van der Waals surface area (Å²) >= 11 is 0. The van der Waals surface area contributed by atoms with Crippen LogP contribution in [0.3, 0.4) is 0 Å². The summed E-state index contributed by atoms with van der Waals surface area (Å²) < 4.78 is 7.29. The van der Waals surface area contributed by atoms with Crippen LogP contribution in [0, 0.1) is 6.92 Å². The van der Waals surface area contributed by atoms with Crippen molar-refractivity contribution in [2.75, 3.05) is 6.61 Å². The Morgan fingerprint density at radius 3 is 2.52 bits per heavy atom. The molecule has 0 radical (unpaired) electrons. The zero-order chi connectivity index (χ0) is 20.0. The van der Waals surface area contributed by atoms with Crippen molar-refractivity contribution in [1.82, 2.24) is 15.1 Å². The van der Waals surface area contributed by atoms with Gasteiger partial charge in [0.1, 0.15) is 6.04 Å². The standard InChI is InChI=1S/C20H27N3O4/c1-14-16(12-21-23(14)13-15-8-6-5-7-9-15)18(24)22-17(19(25)26)10-11-27-20(2,3)4/h5-9,12,17H,10-11,13H2,1-4H3,(H,22,24)(H,25,26). The fourth-order valence-electron chi connectivity index (χ4n) is 2.56. The molecule has 2 aromatic rings. The predicted molar refractivity (Wildman–Crippen MR) is 102 cm³/mol. The van der Waals surface area contributed by atoms with Gasteiger partial charge in [-0.05, 0) is 33.3 Å². The van der Waals surface area contributed by atoms with E-state index in [2.05, 4.69) is 10.4 Å². The highest BCUT2D eigenvalue weighted by molar-refractivity contribution is 5.97. The molecular formula is C20H27N3O4. The van der Waals surface area contributed by atoms with Gasteiger partial charge in [-0.25, -0.2) is 4.79 Å². The molecule has 7 nitrogen and oxygen atoms in total. The van der Waals surface area contributed by atoms with E-state index in [-0.39, 0.29) is 18.6 Å². The first-order valence-corrected chi connectivity index (χ1v) is 8.91. The van der Waals surface area contributed by atoms with Crippen LogP contribution >= 0.6 is 0 Å². The van der Waals surface area contributed by atoms with E-state index in [1.165, 1.54) is 6.20 Å². The van der Waals surface area contributed by atoms with E-state index < -0.39 is 17.9 Å². The van der Waals surface area contributed by atoms with Crippen molar-refractivity contribution >= 4 is 11.9 Å². The second-order valence-corrected chi connectivity index (χ2v) is 7.40. The molecule has 0 aliphatic rings. The first-order chi connectivity index (χ1) is 12.7. The van der Waals surface area contributed by atoms with Gasteiger partial charge in [-0.15, -0.1) is 0 Å². The van der Waals surface area contributed by atoms with Gasteiger partial charge in [-0.3, -0.25) is 9.48 Å². The Labute approximate surface area is 159 Å². The molecule has 1 aromatic carbocycles. The van der Waals surface area contributed by atoms with Crippen LogP contribution in [0.15, 0.2) is 36.5 Å². The average molecular weight is 373 g/mol. The highest BCUT2D eigenvalue weighted by Crippen LogP contribution is 2.12. The summed E-state index contributed by atoms with van der Waals surface area (Å²) in [5, 5.41) is 16.2. The van der Waals surface area contributed by atoms with Crippen molar-refractivity contribution in [3.8, 4) is 0 Å². The lowest BCUT2D eigenvalue weighted by molar-refractivity contribution is -0.140. The SMILES string of the molecule is Cc1c(C(=O)NC(CCOC(C)(C)C)C(=O)O)cnn1Cc1ccccc1. The lowest BCUT2D eigenvalue weighted by Crippen LogP contribution is -2.42. The van der Waals surface area contributed by atoms with Crippen molar-refractivity contribution in [2.45, 2.75) is 52.3 Å². The number of carboxylic acid groups (broad SMARTS) is 1. The van der Waals surface area contributed by atoms with Crippen molar-refractivity contribution < 1.29 is 19.4 Å². The number of ether oxygens (including phenoxy) is 1. The number of carbonyl (C=O) groups excluding carboxylic acids is 1. The van der Waals surface area contributed by atoms with Gasteiger partial charge in [0.15, 0.2) is 0 Å². The smallest absolute Gasteiger partial charge is 0.326 e. The molecule has 0 fully saturated rings. The second-order valence-electron chi connectivity index (χ2n) is 7.40. The Kier molecular flexibility index (Phi) is 6.74. The zero-order valence-corrected chi connectivity index (χ0v) is 16.2. The van der Waals surface area contributed by atoms with E-state index in [0.717, 1.165) is 5.56 Å². The highest BCUT2D eigenvalue weighted by Gasteiger charge is 2.23. The van der Waals surface area contributed by atoms with Crippen molar-refractivity contribution in [1.29, 1.82) is 0 Å². The molecule has 7 heteroatoms. The summed E-state index contributed by atoms with van der Waals surface area (Å²) in [5.41, 5.74) is 1.76. The van der Waals surface area contributed by atoms with E-state index in [0.29, 0.717) is 17.8 Å². The number of aliphatic carboxylic acids is 1. The molecule has 146 valence electrons. The minimum absolute atomic E-state index is 0.190. The maximum absolute atomic E-state index is 12.5. The number of benzene rings is 1. The number of carboxylic acids is 1. The molecule has 0 aliphatic carbocycles. The monoisotopic (exact) mass is 373 g/mol. The van der Waals surface area contributed by atoms with Gasteiger partial charge in [0, 0.05) is 18.7 Å². The Balaban J connectivity index is 2.02. The number of nitrogens with one attached hydrogen (secondary N) is 1. The number of hydrogen-bond donors (Lipinski definition) is 2. The van der Waals surface area contributed by atoms with Crippen LogP contribution in [0.5, 0.6) is 0 Å². The fourth-order valence-corrected chi connectivity index (χ4v) is 2.56. The van der Waals surface area contributed by atoms with Crippen LogP contribution in [-0.4, -0.2) is 45.0 Å². The maximum atomic E-state index is 12.5. The second kappa shape index (κ2) is 8.81. The molecule has 0 saturated carbocycles. The number of hydrogen-bond acceptors (Lipinski definition) is 4. The predicted octanol–water partition coefficient (Wildman–Crippen LogP) is 2.63. The molecular weight excluding hydrogens is 346 g/mol. The van der Waals surface area contributed by atoms with Gasteiger partial charge in [0.2, 0.25) is 0 Å². The van der Waals surface area contributed by atoms with Gasteiger partial charge in [-0.1, -0.05) is 30.3 Å².